The lowest BCUT2D eigenvalue weighted by atomic mass is 9.99. The maximum Gasteiger partial charge on any atom is 0.229 e. The van der Waals surface area contributed by atoms with Gasteiger partial charge in [0.15, 0.2) is 0 Å². The highest BCUT2D eigenvalue weighted by molar-refractivity contribution is 5.67. The quantitative estimate of drug-likeness (QED) is 0.611. The van der Waals surface area contributed by atoms with E-state index in [0.717, 1.165) is 6.07 Å². The lowest BCUT2D eigenvalue weighted by molar-refractivity contribution is -0.277. The number of nitrogens with zero attached hydrogens (tertiary/aromatic N) is 1. The Labute approximate surface area is 160 Å². The number of ether oxygens (including phenoxy) is 2. The van der Waals surface area contributed by atoms with Crippen LogP contribution < -0.4 is 4.74 Å². The third-order valence-corrected chi connectivity index (χ3v) is 4.63. The van der Waals surface area contributed by atoms with Crippen LogP contribution in [0.1, 0.15) is 11.1 Å². The molecule has 28 heavy (non-hydrogen) atoms. The van der Waals surface area contributed by atoms with Gasteiger partial charge in [-0.3, -0.25) is 0 Å². The molecule has 0 spiro atoms. The van der Waals surface area contributed by atoms with Crippen molar-refractivity contribution in [3.63, 3.8) is 0 Å². The van der Waals surface area contributed by atoms with Crippen LogP contribution in [0.15, 0.2) is 36.4 Å². The van der Waals surface area contributed by atoms with Crippen LogP contribution in [0.5, 0.6) is 5.75 Å². The number of hydrogen-bond donors (Lipinski definition) is 4. The van der Waals surface area contributed by atoms with Crippen molar-refractivity contribution in [1.82, 2.24) is 0 Å². The van der Waals surface area contributed by atoms with Crippen LogP contribution in [0.2, 0.25) is 0 Å². The van der Waals surface area contributed by atoms with Gasteiger partial charge < -0.3 is 29.9 Å². The summed E-state index contributed by atoms with van der Waals surface area (Å²) in [5, 5.41) is 48.0. The van der Waals surface area contributed by atoms with E-state index < -0.39 is 43.1 Å². The van der Waals surface area contributed by atoms with Gasteiger partial charge in [-0.05, 0) is 53.9 Å². The highest BCUT2D eigenvalue weighted by Crippen LogP contribution is 2.30. The van der Waals surface area contributed by atoms with Gasteiger partial charge in [-0.25, -0.2) is 4.39 Å². The van der Waals surface area contributed by atoms with Crippen LogP contribution in [0.3, 0.4) is 0 Å². The number of nitriles is 1. The summed E-state index contributed by atoms with van der Waals surface area (Å²) in [5.74, 6) is -0.182. The van der Waals surface area contributed by atoms with Crippen molar-refractivity contribution in [2.45, 2.75) is 37.6 Å². The van der Waals surface area contributed by atoms with Crippen molar-refractivity contribution >= 4 is 0 Å². The average Bonchev–Trinajstić information content (AvgIpc) is 2.69. The summed E-state index contributed by atoms with van der Waals surface area (Å²) >= 11 is 0. The molecule has 0 amide bonds. The van der Waals surface area contributed by atoms with Crippen LogP contribution in [0.4, 0.5) is 4.39 Å². The molecule has 5 atom stereocenters. The van der Waals surface area contributed by atoms with Crippen LogP contribution in [0, 0.1) is 24.1 Å². The van der Waals surface area contributed by atoms with Gasteiger partial charge in [-0.2, -0.15) is 5.26 Å². The Morgan fingerprint density at radius 1 is 1.07 bits per heavy atom. The Balaban J connectivity index is 1.83. The van der Waals surface area contributed by atoms with Crippen molar-refractivity contribution in [3.8, 4) is 22.9 Å². The molecule has 148 valence electrons. The predicted octanol–water partition coefficient (Wildman–Crippen LogP) is 0.851. The predicted molar refractivity (Wildman–Crippen MR) is 95.7 cm³/mol. The number of aliphatic hydroxyl groups excluding tert-OH is 4. The third-order valence-electron chi connectivity index (χ3n) is 4.63. The fourth-order valence-electron chi connectivity index (χ4n) is 3.07. The zero-order valence-electron chi connectivity index (χ0n) is 15.0. The normalized spacial score (nSPS) is 27.2. The molecule has 2 aromatic carbocycles. The molecule has 8 heteroatoms. The first-order valence-electron chi connectivity index (χ1n) is 8.63. The van der Waals surface area contributed by atoms with Crippen molar-refractivity contribution in [1.29, 1.82) is 5.26 Å². The molecule has 0 radical (unpaired) electrons. The fraction of sp³-hybridized carbons (Fsp3) is 0.350. The number of benzene rings is 2. The monoisotopic (exact) mass is 389 g/mol. The Hall–Kier alpha value is -2.54. The SMILES string of the molecule is Cc1cc(-c2cc(F)cc(C#N)c2)ccc1O[C@H]1O[C@H](CO)[C@@H](O)[C@H](O)[C@@H]1O. The second kappa shape index (κ2) is 8.22. The molecule has 0 aromatic heterocycles. The van der Waals surface area contributed by atoms with E-state index in [1.807, 2.05) is 6.07 Å². The zero-order valence-corrected chi connectivity index (χ0v) is 15.0. The minimum absolute atomic E-state index is 0.203. The largest absolute Gasteiger partial charge is 0.462 e. The Morgan fingerprint density at radius 2 is 1.82 bits per heavy atom. The van der Waals surface area contributed by atoms with E-state index >= 15 is 0 Å². The molecule has 0 aliphatic carbocycles. The summed E-state index contributed by atoms with van der Waals surface area (Å²) in [6.45, 7) is 1.18. The average molecular weight is 389 g/mol. The summed E-state index contributed by atoms with van der Waals surface area (Å²) in [5.41, 5.74) is 2.03. The van der Waals surface area contributed by atoms with Gasteiger partial charge in [0.1, 0.15) is 36.0 Å². The molecular formula is C20H20FNO6. The Kier molecular flexibility index (Phi) is 5.93. The standard InChI is InChI=1S/C20H20FNO6/c1-10-4-12(13-5-11(8-22)6-14(21)7-13)2-3-15(10)27-20-19(26)18(25)17(24)16(9-23)28-20/h2-7,16-20,23-26H,9H2,1H3/t16-,17-,18+,19+,20+/m1/s1. The molecule has 1 heterocycles. The zero-order chi connectivity index (χ0) is 20.4. The van der Waals surface area contributed by atoms with Gasteiger partial charge in [-0.15, -0.1) is 0 Å². The maximum atomic E-state index is 13.7. The van der Waals surface area contributed by atoms with Gasteiger partial charge in [0, 0.05) is 0 Å². The molecule has 2 aromatic rings. The van der Waals surface area contributed by atoms with Crippen molar-refractivity contribution in [2.75, 3.05) is 6.61 Å². The number of halogens is 1. The first-order chi connectivity index (χ1) is 13.3. The molecule has 0 saturated carbocycles. The van der Waals surface area contributed by atoms with E-state index in [4.69, 9.17) is 14.7 Å². The third kappa shape index (κ3) is 3.99. The highest BCUT2D eigenvalue weighted by atomic mass is 19.1. The van der Waals surface area contributed by atoms with Crippen molar-refractivity contribution < 1.29 is 34.3 Å². The molecule has 0 bridgehead atoms. The van der Waals surface area contributed by atoms with E-state index in [2.05, 4.69) is 0 Å². The van der Waals surface area contributed by atoms with Gasteiger partial charge in [-0.1, -0.05) is 6.07 Å². The summed E-state index contributed by atoms with van der Waals surface area (Å²) in [6.07, 6.45) is -6.88. The number of hydrogen-bond acceptors (Lipinski definition) is 7. The van der Waals surface area contributed by atoms with Gasteiger partial charge in [0.25, 0.3) is 0 Å². The first-order valence-corrected chi connectivity index (χ1v) is 8.63. The summed E-state index contributed by atoms with van der Waals surface area (Å²) in [4.78, 5) is 0. The summed E-state index contributed by atoms with van der Waals surface area (Å²) in [7, 11) is 0. The number of aliphatic hydroxyl groups is 4. The molecule has 7 nitrogen and oxygen atoms in total. The number of rotatable bonds is 4. The van der Waals surface area contributed by atoms with Gasteiger partial charge in [0.2, 0.25) is 6.29 Å². The minimum atomic E-state index is -1.54. The van der Waals surface area contributed by atoms with Crippen molar-refractivity contribution in [3.05, 3.63) is 53.3 Å². The lowest BCUT2D eigenvalue weighted by Crippen LogP contribution is -2.60. The smallest absolute Gasteiger partial charge is 0.229 e. The van der Waals surface area contributed by atoms with E-state index in [9.17, 15) is 24.8 Å². The second-order valence-electron chi connectivity index (χ2n) is 6.64. The molecule has 1 fully saturated rings. The Bertz CT molecular complexity index is 897. The first kappa shape index (κ1) is 20.2. The number of aryl methyl sites for hydroxylation is 1. The van der Waals surface area contributed by atoms with Crippen LogP contribution >= 0.6 is 0 Å². The topological polar surface area (TPSA) is 123 Å². The van der Waals surface area contributed by atoms with Crippen LogP contribution in [-0.2, 0) is 4.74 Å². The van der Waals surface area contributed by atoms with Gasteiger partial charge in [0.05, 0.1) is 18.2 Å². The van der Waals surface area contributed by atoms with Crippen molar-refractivity contribution in [2.24, 2.45) is 0 Å². The van der Waals surface area contributed by atoms with Gasteiger partial charge >= 0.3 is 0 Å². The molecule has 1 saturated heterocycles. The fourth-order valence-corrected chi connectivity index (χ4v) is 3.07. The maximum absolute atomic E-state index is 13.7. The summed E-state index contributed by atoms with van der Waals surface area (Å²) < 4.78 is 24.6. The highest BCUT2D eigenvalue weighted by Gasteiger charge is 2.44. The van der Waals surface area contributed by atoms with E-state index in [1.54, 1.807) is 31.2 Å². The molecule has 0 unspecified atom stereocenters. The molecule has 1 aliphatic heterocycles. The molecule has 4 N–H and O–H groups in total. The van der Waals surface area contributed by atoms with Crippen LogP contribution in [-0.4, -0.2) is 57.7 Å². The summed E-state index contributed by atoms with van der Waals surface area (Å²) in [6, 6.07) is 10.9. The van der Waals surface area contributed by atoms with E-state index in [1.165, 1.54) is 6.07 Å². The minimum Gasteiger partial charge on any atom is -0.462 e. The second-order valence-corrected chi connectivity index (χ2v) is 6.64. The van der Waals surface area contributed by atoms with Crippen LogP contribution in [0.25, 0.3) is 11.1 Å². The Morgan fingerprint density at radius 3 is 2.46 bits per heavy atom. The lowest BCUT2D eigenvalue weighted by Gasteiger charge is -2.39. The van der Waals surface area contributed by atoms with E-state index in [0.29, 0.717) is 22.4 Å². The molecule has 1 aliphatic rings. The molecule has 3 rings (SSSR count). The molecular weight excluding hydrogens is 369 g/mol. The van der Waals surface area contributed by atoms with E-state index in [-0.39, 0.29) is 5.56 Å².